The molecule has 0 aromatic carbocycles. The van der Waals surface area contributed by atoms with E-state index in [0.717, 1.165) is 0 Å². The molecule has 0 amide bonds. The molecule has 194 valence electrons. The van der Waals surface area contributed by atoms with Crippen molar-refractivity contribution < 1.29 is 49.0 Å². The summed E-state index contributed by atoms with van der Waals surface area (Å²) in [7, 11) is 0. The predicted molar refractivity (Wildman–Crippen MR) is 117 cm³/mol. The van der Waals surface area contributed by atoms with Crippen molar-refractivity contribution in [2.45, 2.75) is 83.3 Å². The minimum absolute atomic E-state index is 0.0510. The molecule has 35 heavy (non-hydrogen) atoms. The summed E-state index contributed by atoms with van der Waals surface area (Å²) in [5.41, 5.74) is -3.54. The van der Waals surface area contributed by atoms with Crippen molar-refractivity contribution >= 4 is 17.7 Å². The SMILES string of the molecule is CC[C@](C)(O)C(=O)O[C@H]1C(=O)O[C@@H]2C[C@H]3C(C)=CC(=O)[C@@H](O)[C@]3(C)[C@H]3[C@@]4(O)OC[C@@]23C1[C@@H](C)[C@H]4O. The minimum atomic E-state index is -2.12. The Morgan fingerprint density at radius 2 is 1.97 bits per heavy atom. The summed E-state index contributed by atoms with van der Waals surface area (Å²) < 4.78 is 17.4. The third kappa shape index (κ3) is 2.80. The Bertz CT molecular complexity index is 1020. The molecule has 1 unspecified atom stereocenters. The van der Waals surface area contributed by atoms with Crippen LogP contribution in [0.5, 0.6) is 0 Å². The lowest BCUT2D eigenvalue weighted by molar-refractivity contribution is -0.340. The molecule has 1 spiro atoms. The molecule has 3 aliphatic carbocycles. The van der Waals surface area contributed by atoms with Gasteiger partial charge >= 0.3 is 11.9 Å². The Kier molecular flexibility index (Phi) is 5.21. The van der Waals surface area contributed by atoms with E-state index in [9.17, 15) is 34.8 Å². The molecule has 4 fully saturated rings. The summed E-state index contributed by atoms with van der Waals surface area (Å²) in [6, 6.07) is 0. The Hall–Kier alpha value is -1.85. The van der Waals surface area contributed by atoms with E-state index in [1.54, 1.807) is 27.7 Å². The first kappa shape index (κ1) is 24.8. The Balaban J connectivity index is 1.69. The average Bonchev–Trinajstić information content (AvgIpc) is 3.08. The zero-order valence-electron chi connectivity index (χ0n) is 20.6. The first-order valence-corrected chi connectivity index (χ1v) is 12.3. The maximum Gasteiger partial charge on any atom is 0.348 e. The van der Waals surface area contributed by atoms with Crippen LogP contribution in [0.4, 0.5) is 0 Å². The maximum atomic E-state index is 13.3. The van der Waals surface area contributed by atoms with Crippen molar-refractivity contribution in [2.24, 2.45) is 34.5 Å². The Labute approximate surface area is 203 Å². The molecule has 0 aromatic heterocycles. The highest BCUT2D eigenvalue weighted by Crippen LogP contribution is 2.73. The van der Waals surface area contributed by atoms with Crippen LogP contribution in [0.3, 0.4) is 0 Å². The first-order valence-electron chi connectivity index (χ1n) is 12.3. The highest BCUT2D eigenvalue weighted by atomic mass is 16.7. The summed E-state index contributed by atoms with van der Waals surface area (Å²) in [5.74, 6) is -7.47. The second-order valence-electron chi connectivity index (χ2n) is 11.6. The van der Waals surface area contributed by atoms with Crippen LogP contribution in [0.2, 0.25) is 0 Å². The van der Waals surface area contributed by atoms with Gasteiger partial charge in [-0.3, -0.25) is 4.79 Å². The summed E-state index contributed by atoms with van der Waals surface area (Å²) in [6.45, 7) is 7.88. The third-order valence-electron chi connectivity index (χ3n) is 9.99. The molecule has 12 atom stereocenters. The predicted octanol–water partition coefficient (Wildman–Crippen LogP) is -0.151. The standard InChI is InChI=1S/C25H34O10/c1-6-22(4,31)21(30)35-16-15-11(3)17(27)25(32)20-23(5)12(10(2)7-13(26)18(23)28)8-14(34-19(16)29)24(15,20)9-33-25/h7,11-12,14-18,20,27-28,31-32H,6,8-9H2,1-5H3/t11-,12+,14-,15?,16-,17-,18-,20-,22+,23-,24+,25+/m1/s1. The van der Waals surface area contributed by atoms with Gasteiger partial charge in [0.25, 0.3) is 0 Å². The monoisotopic (exact) mass is 494 g/mol. The van der Waals surface area contributed by atoms with Crippen LogP contribution in [-0.4, -0.2) is 80.6 Å². The lowest BCUT2D eigenvalue weighted by atomic mass is 9.38. The number of carbonyl (C=O) groups excluding carboxylic acids is 3. The number of rotatable bonds is 3. The molecule has 2 aliphatic heterocycles. The van der Waals surface area contributed by atoms with Crippen LogP contribution in [0, 0.1) is 34.5 Å². The highest BCUT2D eigenvalue weighted by Gasteiger charge is 2.83. The molecule has 2 heterocycles. The maximum absolute atomic E-state index is 13.3. The van der Waals surface area contributed by atoms with Crippen LogP contribution in [-0.2, 0) is 28.6 Å². The largest absolute Gasteiger partial charge is 0.459 e. The van der Waals surface area contributed by atoms with Crippen molar-refractivity contribution in [1.82, 2.24) is 0 Å². The van der Waals surface area contributed by atoms with Crippen molar-refractivity contribution in [1.29, 1.82) is 0 Å². The van der Waals surface area contributed by atoms with E-state index in [0.29, 0.717) is 5.57 Å². The molecule has 2 bridgehead atoms. The van der Waals surface area contributed by atoms with Gasteiger partial charge in [-0.15, -0.1) is 0 Å². The molecular weight excluding hydrogens is 460 g/mol. The van der Waals surface area contributed by atoms with E-state index in [4.69, 9.17) is 14.2 Å². The van der Waals surface area contributed by atoms with Gasteiger partial charge in [-0.05, 0) is 44.6 Å². The normalized spacial score (nSPS) is 52.0. The van der Waals surface area contributed by atoms with Crippen molar-refractivity contribution in [3.63, 3.8) is 0 Å². The molecule has 2 saturated carbocycles. The molecule has 10 nitrogen and oxygen atoms in total. The number of carbonyl (C=O) groups is 3. The summed E-state index contributed by atoms with van der Waals surface area (Å²) in [5, 5.41) is 44.8. The third-order valence-corrected chi connectivity index (χ3v) is 9.99. The van der Waals surface area contributed by atoms with Crippen LogP contribution in [0.25, 0.3) is 0 Å². The van der Waals surface area contributed by atoms with Crippen LogP contribution < -0.4 is 0 Å². The number of aliphatic hydroxyl groups excluding tert-OH is 2. The number of esters is 2. The molecule has 10 heteroatoms. The van der Waals surface area contributed by atoms with Gasteiger partial charge in [-0.2, -0.15) is 0 Å². The van der Waals surface area contributed by atoms with Gasteiger partial charge < -0.3 is 34.6 Å². The van der Waals surface area contributed by atoms with Crippen LogP contribution in [0.1, 0.15) is 47.5 Å². The lowest BCUT2D eigenvalue weighted by Crippen LogP contribution is -2.78. The van der Waals surface area contributed by atoms with Crippen LogP contribution in [0.15, 0.2) is 11.6 Å². The van der Waals surface area contributed by atoms with Crippen molar-refractivity contribution in [3.05, 3.63) is 11.6 Å². The second kappa shape index (κ2) is 7.35. The molecule has 2 saturated heterocycles. The van der Waals surface area contributed by atoms with Gasteiger partial charge in [0.1, 0.15) is 18.3 Å². The second-order valence-corrected chi connectivity index (χ2v) is 11.6. The van der Waals surface area contributed by atoms with Gasteiger partial charge in [0.05, 0.1) is 6.61 Å². The summed E-state index contributed by atoms with van der Waals surface area (Å²) in [4.78, 5) is 38.8. The molecule has 0 radical (unpaired) electrons. The number of allylic oxidation sites excluding steroid dienone is 1. The fourth-order valence-electron chi connectivity index (χ4n) is 8.12. The topological polar surface area (TPSA) is 160 Å². The highest BCUT2D eigenvalue weighted by molar-refractivity contribution is 5.96. The lowest BCUT2D eigenvalue weighted by Gasteiger charge is -2.68. The Morgan fingerprint density at radius 3 is 2.60 bits per heavy atom. The van der Waals surface area contributed by atoms with E-state index in [1.807, 2.05) is 0 Å². The van der Waals surface area contributed by atoms with E-state index in [-0.39, 0.29) is 19.4 Å². The minimum Gasteiger partial charge on any atom is -0.459 e. The Morgan fingerprint density at radius 1 is 1.31 bits per heavy atom. The molecule has 4 N–H and O–H groups in total. The van der Waals surface area contributed by atoms with E-state index in [1.165, 1.54) is 13.0 Å². The van der Waals surface area contributed by atoms with E-state index in [2.05, 4.69) is 0 Å². The number of fused-ring (bicyclic) bond motifs is 1. The number of ketones is 1. The molecule has 5 aliphatic rings. The quantitative estimate of drug-likeness (QED) is 0.389. The average molecular weight is 495 g/mol. The summed E-state index contributed by atoms with van der Waals surface area (Å²) in [6.07, 6.45) is -3.51. The van der Waals surface area contributed by atoms with Gasteiger partial charge in [0, 0.05) is 22.7 Å². The summed E-state index contributed by atoms with van der Waals surface area (Å²) >= 11 is 0. The van der Waals surface area contributed by atoms with Gasteiger partial charge in [-0.1, -0.05) is 26.3 Å². The zero-order chi connectivity index (χ0) is 25.9. The van der Waals surface area contributed by atoms with E-state index < -0.39 is 88.0 Å². The number of hydrogen-bond acceptors (Lipinski definition) is 10. The van der Waals surface area contributed by atoms with Crippen LogP contribution >= 0.6 is 0 Å². The van der Waals surface area contributed by atoms with Crippen molar-refractivity contribution in [2.75, 3.05) is 6.61 Å². The molecule has 0 aromatic rings. The first-order chi connectivity index (χ1) is 16.2. The van der Waals surface area contributed by atoms with Gasteiger partial charge in [-0.25, -0.2) is 9.59 Å². The fraction of sp³-hybridized carbons (Fsp3) is 0.800. The fourth-order valence-corrected chi connectivity index (χ4v) is 8.12. The van der Waals surface area contributed by atoms with Gasteiger partial charge in [0.15, 0.2) is 17.2 Å². The smallest absolute Gasteiger partial charge is 0.348 e. The van der Waals surface area contributed by atoms with Gasteiger partial charge in [0.2, 0.25) is 6.10 Å². The number of hydrogen-bond donors (Lipinski definition) is 4. The molecular formula is C25H34O10. The molecule has 5 rings (SSSR count). The van der Waals surface area contributed by atoms with Crippen molar-refractivity contribution in [3.8, 4) is 0 Å². The zero-order valence-corrected chi connectivity index (χ0v) is 20.6. The number of aliphatic hydroxyl groups is 4. The van der Waals surface area contributed by atoms with E-state index >= 15 is 0 Å². The number of ether oxygens (including phenoxy) is 3.